The van der Waals surface area contributed by atoms with E-state index < -0.39 is 6.29 Å². The zero-order chi connectivity index (χ0) is 24.7. The molecule has 0 aliphatic heterocycles. The summed E-state index contributed by atoms with van der Waals surface area (Å²) in [7, 11) is 0. The Labute approximate surface area is 217 Å². The first-order valence-corrected chi connectivity index (χ1v) is 13.7. The largest absolute Gasteiger partial charge is 0.341 e. The van der Waals surface area contributed by atoms with Crippen molar-refractivity contribution in [2.24, 2.45) is 11.5 Å². The summed E-state index contributed by atoms with van der Waals surface area (Å²) in [6.07, 6.45) is 5.04. The molecule has 0 saturated heterocycles. The Morgan fingerprint density at radius 1 is 1.03 bits per heavy atom. The molecular weight excluding hydrogens is 466 g/mol. The summed E-state index contributed by atoms with van der Waals surface area (Å²) < 4.78 is 0. The first-order valence-electron chi connectivity index (χ1n) is 12.7. The molecule has 188 valence electrons. The van der Waals surface area contributed by atoms with Crippen LogP contribution in [0, 0.1) is 0 Å². The van der Waals surface area contributed by atoms with Gasteiger partial charge in [-0.15, -0.1) is 0 Å². The van der Waals surface area contributed by atoms with Crippen molar-refractivity contribution in [1.82, 2.24) is 25.2 Å². The highest BCUT2D eigenvalue weighted by molar-refractivity contribution is 7.99. The number of para-hydroxylation sites is 2. The minimum absolute atomic E-state index is 0.490. The Kier molecular flexibility index (Phi) is 8.30. The van der Waals surface area contributed by atoms with Crippen molar-refractivity contribution in [3.63, 3.8) is 0 Å². The molecule has 6 N–H and O–H groups in total. The van der Waals surface area contributed by atoms with Crippen LogP contribution in [0.2, 0.25) is 0 Å². The van der Waals surface area contributed by atoms with E-state index in [1.54, 1.807) is 0 Å². The number of aromatic nitrogens is 3. The molecule has 0 saturated carbocycles. The van der Waals surface area contributed by atoms with E-state index >= 15 is 0 Å². The fourth-order valence-corrected chi connectivity index (χ4v) is 6.17. The monoisotopic (exact) mass is 501 g/mol. The molecule has 2 aromatic carbocycles. The van der Waals surface area contributed by atoms with Crippen molar-refractivity contribution in [3.8, 4) is 0 Å². The van der Waals surface area contributed by atoms with Crippen molar-refractivity contribution < 1.29 is 0 Å². The van der Waals surface area contributed by atoms with Gasteiger partial charge in [0.2, 0.25) is 0 Å². The van der Waals surface area contributed by atoms with Gasteiger partial charge in [0.25, 0.3) is 0 Å². The fourth-order valence-electron chi connectivity index (χ4n) is 4.82. The van der Waals surface area contributed by atoms with E-state index in [2.05, 4.69) is 63.7 Å². The molecule has 0 radical (unpaired) electrons. The molecule has 0 spiro atoms. The van der Waals surface area contributed by atoms with Gasteiger partial charge in [0, 0.05) is 36.8 Å². The van der Waals surface area contributed by atoms with Gasteiger partial charge >= 0.3 is 0 Å². The topological polar surface area (TPSA) is 109 Å². The van der Waals surface area contributed by atoms with Gasteiger partial charge < -0.3 is 16.5 Å². The second-order valence-corrected chi connectivity index (χ2v) is 10.7. The van der Waals surface area contributed by atoms with E-state index in [1.165, 1.54) is 35.2 Å². The molecule has 1 aliphatic rings. The summed E-state index contributed by atoms with van der Waals surface area (Å²) in [5, 5.41) is 3.55. The third-order valence-corrected chi connectivity index (χ3v) is 7.93. The van der Waals surface area contributed by atoms with Crippen LogP contribution in [0.5, 0.6) is 0 Å². The van der Waals surface area contributed by atoms with Gasteiger partial charge in [-0.2, -0.15) is 11.8 Å². The smallest absolute Gasteiger partial charge is 0.121 e. The third kappa shape index (κ3) is 6.52. The van der Waals surface area contributed by atoms with Crippen LogP contribution in [0.25, 0.3) is 11.0 Å². The molecule has 2 heterocycles. The lowest BCUT2D eigenvalue weighted by Crippen LogP contribution is -2.44. The highest BCUT2D eigenvalue weighted by Gasteiger charge is 2.22. The van der Waals surface area contributed by atoms with Crippen LogP contribution in [0.4, 0.5) is 0 Å². The van der Waals surface area contributed by atoms with Crippen molar-refractivity contribution in [2.75, 3.05) is 12.3 Å². The van der Waals surface area contributed by atoms with E-state index in [9.17, 15) is 0 Å². The van der Waals surface area contributed by atoms with E-state index in [0.717, 1.165) is 48.7 Å². The van der Waals surface area contributed by atoms with Crippen molar-refractivity contribution in [3.05, 3.63) is 95.1 Å². The standard InChI is InChI=1S/C28H35N7S/c29-28(30)32-17-20-10-12-21(13-11-20)18-35(19-26-33-23-7-1-2-8-24(23)34-26)15-16-36-25-9-3-5-22-6-4-14-31-27(22)25/h1-2,4,6-8,10-14,25,28,32H,3,5,9,15-19,29-30H2,(H,33,34). The maximum atomic E-state index is 5.61. The summed E-state index contributed by atoms with van der Waals surface area (Å²) in [5.41, 5.74) is 18.5. The van der Waals surface area contributed by atoms with E-state index in [4.69, 9.17) is 21.4 Å². The number of benzene rings is 2. The highest BCUT2D eigenvalue weighted by Crippen LogP contribution is 2.38. The molecule has 5 rings (SSSR count). The van der Waals surface area contributed by atoms with Gasteiger partial charge in [0.1, 0.15) is 12.1 Å². The normalized spacial score (nSPS) is 15.6. The molecule has 1 atom stereocenters. The Bertz CT molecular complexity index is 1220. The van der Waals surface area contributed by atoms with Crippen LogP contribution in [0.3, 0.4) is 0 Å². The van der Waals surface area contributed by atoms with Crippen molar-refractivity contribution >= 4 is 22.8 Å². The minimum atomic E-state index is -0.507. The lowest BCUT2D eigenvalue weighted by atomic mass is 9.96. The number of imidazole rings is 1. The van der Waals surface area contributed by atoms with E-state index in [1.807, 2.05) is 30.1 Å². The maximum Gasteiger partial charge on any atom is 0.121 e. The van der Waals surface area contributed by atoms with Crippen LogP contribution < -0.4 is 16.8 Å². The lowest BCUT2D eigenvalue weighted by Gasteiger charge is -2.26. The summed E-state index contributed by atoms with van der Waals surface area (Å²) in [6, 6.07) is 21.2. The van der Waals surface area contributed by atoms with Gasteiger partial charge in [-0.1, -0.05) is 42.5 Å². The number of hydrogen-bond acceptors (Lipinski definition) is 7. The van der Waals surface area contributed by atoms with Crippen molar-refractivity contribution in [1.29, 1.82) is 0 Å². The molecule has 1 aliphatic carbocycles. The zero-order valence-corrected chi connectivity index (χ0v) is 21.4. The second-order valence-electron chi connectivity index (χ2n) is 9.43. The number of aromatic amines is 1. The quantitative estimate of drug-likeness (QED) is 0.230. The third-order valence-electron chi connectivity index (χ3n) is 6.65. The minimum Gasteiger partial charge on any atom is -0.341 e. The van der Waals surface area contributed by atoms with Crippen LogP contribution in [-0.2, 0) is 26.1 Å². The van der Waals surface area contributed by atoms with Crippen LogP contribution in [0.15, 0.2) is 66.9 Å². The Hall–Kier alpha value is -2.75. The summed E-state index contributed by atoms with van der Waals surface area (Å²) >= 11 is 2.04. The number of thioether (sulfide) groups is 1. The summed E-state index contributed by atoms with van der Waals surface area (Å²) in [5.74, 6) is 2.06. The number of nitrogens with one attached hydrogen (secondary N) is 2. The molecule has 36 heavy (non-hydrogen) atoms. The van der Waals surface area contributed by atoms with Gasteiger partial charge in [-0.25, -0.2) is 4.98 Å². The molecule has 7 nitrogen and oxygen atoms in total. The molecular formula is C28H35N7S. The molecule has 8 heteroatoms. The predicted molar refractivity (Wildman–Crippen MR) is 148 cm³/mol. The molecule has 4 aromatic rings. The molecule has 0 amide bonds. The number of nitrogens with zero attached hydrogens (tertiary/aromatic N) is 3. The van der Waals surface area contributed by atoms with E-state index in [0.29, 0.717) is 11.8 Å². The van der Waals surface area contributed by atoms with Crippen LogP contribution >= 0.6 is 11.8 Å². The number of nitrogens with two attached hydrogens (primary N) is 2. The molecule has 0 bridgehead atoms. The lowest BCUT2D eigenvalue weighted by molar-refractivity contribution is 0.268. The van der Waals surface area contributed by atoms with Gasteiger partial charge in [-0.3, -0.25) is 15.2 Å². The second kappa shape index (κ2) is 12.0. The summed E-state index contributed by atoms with van der Waals surface area (Å²) in [6.45, 7) is 3.28. The fraction of sp³-hybridized carbons (Fsp3) is 0.357. The van der Waals surface area contributed by atoms with Gasteiger partial charge in [0.05, 0.1) is 23.3 Å². The summed E-state index contributed by atoms with van der Waals surface area (Å²) in [4.78, 5) is 15.5. The van der Waals surface area contributed by atoms with Crippen LogP contribution in [0.1, 0.15) is 46.3 Å². The highest BCUT2D eigenvalue weighted by atomic mass is 32.2. The predicted octanol–water partition coefficient (Wildman–Crippen LogP) is 4.06. The number of pyridine rings is 1. The zero-order valence-electron chi connectivity index (χ0n) is 20.6. The molecule has 0 fully saturated rings. The number of aryl methyl sites for hydroxylation is 1. The first kappa shape index (κ1) is 24.9. The maximum absolute atomic E-state index is 5.61. The number of rotatable bonds is 11. The average Bonchev–Trinajstić information content (AvgIpc) is 3.31. The Balaban J connectivity index is 1.25. The Morgan fingerprint density at radius 3 is 2.69 bits per heavy atom. The van der Waals surface area contributed by atoms with E-state index in [-0.39, 0.29) is 0 Å². The average molecular weight is 502 g/mol. The van der Waals surface area contributed by atoms with Crippen LogP contribution in [-0.4, -0.2) is 38.4 Å². The van der Waals surface area contributed by atoms with Crippen molar-refractivity contribution in [2.45, 2.75) is 50.4 Å². The molecule has 2 aromatic heterocycles. The SMILES string of the molecule is NC(N)NCc1ccc(CN(CCSC2CCCc3cccnc32)Cc2nc3ccccc3[nH]2)cc1. The Morgan fingerprint density at radius 2 is 1.86 bits per heavy atom. The van der Waals surface area contributed by atoms with Gasteiger partial charge in [0.15, 0.2) is 0 Å². The number of fused-ring (bicyclic) bond motifs is 2. The number of hydrogen-bond donors (Lipinski definition) is 4. The van der Waals surface area contributed by atoms with Gasteiger partial charge in [-0.05, 0) is 54.2 Å². The first-order chi connectivity index (χ1) is 17.6. The molecule has 1 unspecified atom stereocenters. The number of H-pyrrole nitrogens is 1.